The lowest BCUT2D eigenvalue weighted by Crippen LogP contribution is -2.39. The number of hydrogen-bond donors (Lipinski definition) is 2. The first-order valence-electron chi connectivity index (χ1n) is 9.25. The van der Waals surface area contributed by atoms with Crippen LogP contribution in [-0.4, -0.2) is 43.6 Å². The van der Waals surface area contributed by atoms with E-state index in [4.69, 9.17) is 4.98 Å². The molecular weight excluding hydrogens is 354 g/mol. The van der Waals surface area contributed by atoms with E-state index >= 15 is 0 Å². The van der Waals surface area contributed by atoms with Gasteiger partial charge in [-0.3, -0.25) is 4.79 Å². The predicted octanol–water partition coefficient (Wildman–Crippen LogP) is 0.996. The number of hydrogen-bond acceptors (Lipinski definition) is 5. The van der Waals surface area contributed by atoms with Crippen LogP contribution in [0.2, 0.25) is 0 Å². The van der Waals surface area contributed by atoms with Crippen molar-refractivity contribution in [3.8, 4) is 0 Å². The summed E-state index contributed by atoms with van der Waals surface area (Å²) in [5, 5.41) is 5.69. The number of nitrogens with zero attached hydrogens (tertiary/aromatic N) is 3. The molecular formula is C17H23N5O3S. The molecule has 2 N–H and O–H groups in total. The highest BCUT2D eigenvalue weighted by Crippen LogP contribution is 2.35. The molecule has 140 valence electrons. The van der Waals surface area contributed by atoms with E-state index in [9.17, 15) is 14.4 Å². The molecule has 1 saturated heterocycles. The lowest BCUT2D eigenvalue weighted by Gasteiger charge is -2.32. The lowest BCUT2D eigenvalue weighted by atomic mass is 9.98. The zero-order chi connectivity index (χ0) is 18.1. The third kappa shape index (κ3) is 3.40. The number of H-pyrrole nitrogens is 2. The number of amides is 1. The fourth-order valence-electron chi connectivity index (χ4n) is 3.87. The first-order chi connectivity index (χ1) is 12.6. The largest absolute Gasteiger partial charge is 0.344 e. The van der Waals surface area contributed by atoms with Crippen molar-refractivity contribution in [1.29, 1.82) is 0 Å². The second-order valence-corrected chi connectivity index (χ2v) is 8.19. The maximum Gasteiger partial charge on any atom is 0.344 e. The Kier molecular flexibility index (Phi) is 4.80. The van der Waals surface area contributed by atoms with Crippen LogP contribution in [0.4, 0.5) is 0 Å². The van der Waals surface area contributed by atoms with Crippen LogP contribution in [0.3, 0.4) is 0 Å². The molecule has 1 amide bonds. The molecule has 1 unspecified atom stereocenters. The van der Waals surface area contributed by atoms with Gasteiger partial charge in [-0.1, -0.05) is 0 Å². The Morgan fingerprint density at radius 1 is 1.19 bits per heavy atom. The van der Waals surface area contributed by atoms with Crippen LogP contribution in [0, 0.1) is 0 Å². The quantitative estimate of drug-likeness (QED) is 0.811. The van der Waals surface area contributed by atoms with E-state index in [1.807, 2.05) is 16.2 Å². The van der Waals surface area contributed by atoms with Crippen molar-refractivity contribution in [2.75, 3.05) is 13.1 Å². The van der Waals surface area contributed by atoms with Gasteiger partial charge < -0.3 is 4.90 Å². The summed E-state index contributed by atoms with van der Waals surface area (Å²) in [5.41, 5.74) is 0.352. The summed E-state index contributed by atoms with van der Waals surface area (Å²) in [6, 6.07) is 0. The molecule has 9 heteroatoms. The molecule has 1 fully saturated rings. The number of likely N-dealkylation sites (tertiary alicyclic amines) is 1. The van der Waals surface area contributed by atoms with Gasteiger partial charge in [0.1, 0.15) is 0 Å². The number of fused-ring (bicyclic) bond motifs is 1. The van der Waals surface area contributed by atoms with Gasteiger partial charge in [0.25, 0.3) is 0 Å². The van der Waals surface area contributed by atoms with E-state index in [-0.39, 0.29) is 12.5 Å². The molecule has 0 bridgehead atoms. The fraction of sp³-hybridized carbons (Fsp3) is 0.647. The molecule has 0 aromatic carbocycles. The molecule has 1 aliphatic carbocycles. The number of aromatic amines is 2. The van der Waals surface area contributed by atoms with Gasteiger partial charge in [0, 0.05) is 36.9 Å². The molecule has 4 rings (SSSR count). The van der Waals surface area contributed by atoms with Crippen LogP contribution in [0.5, 0.6) is 0 Å². The smallest absolute Gasteiger partial charge is 0.342 e. The molecule has 2 aromatic rings. The van der Waals surface area contributed by atoms with E-state index in [2.05, 4.69) is 10.2 Å². The Bertz CT molecular complexity index is 859. The standard InChI is InChI=1S/C17H23N5O3S/c23-14(7-3-9-22-16(24)19-20-17(22)25)21-8-2-4-11(10-21)15-18-12-5-1-6-13(12)26-15/h11H,1-10H2,(H,19,24)(H,20,25). The zero-order valence-corrected chi connectivity index (χ0v) is 15.4. The summed E-state index contributed by atoms with van der Waals surface area (Å²) >= 11 is 1.83. The van der Waals surface area contributed by atoms with Crippen molar-refractivity contribution in [1.82, 2.24) is 24.6 Å². The van der Waals surface area contributed by atoms with Crippen LogP contribution in [0.1, 0.15) is 53.6 Å². The molecule has 8 nitrogen and oxygen atoms in total. The first kappa shape index (κ1) is 17.3. The summed E-state index contributed by atoms with van der Waals surface area (Å²) < 4.78 is 1.09. The van der Waals surface area contributed by atoms with Gasteiger partial charge in [0.2, 0.25) is 5.91 Å². The second-order valence-electron chi connectivity index (χ2n) is 7.07. The van der Waals surface area contributed by atoms with Crippen LogP contribution < -0.4 is 11.4 Å². The lowest BCUT2D eigenvalue weighted by molar-refractivity contribution is -0.132. The Hall–Kier alpha value is -2.16. The minimum atomic E-state index is -0.461. The number of rotatable bonds is 5. The Morgan fingerprint density at radius 3 is 2.77 bits per heavy atom. The van der Waals surface area contributed by atoms with Gasteiger partial charge in [0.05, 0.1) is 10.7 Å². The monoisotopic (exact) mass is 377 g/mol. The molecule has 1 aliphatic heterocycles. The van der Waals surface area contributed by atoms with Crippen LogP contribution >= 0.6 is 11.3 Å². The number of aromatic nitrogens is 4. The molecule has 0 radical (unpaired) electrons. The maximum atomic E-state index is 12.5. The van der Waals surface area contributed by atoms with Gasteiger partial charge in [-0.05, 0) is 38.5 Å². The minimum absolute atomic E-state index is 0.0961. The van der Waals surface area contributed by atoms with E-state index in [1.54, 1.807) is 0 Å². The topological polar surface area (TPSA) is 104 Å². The summed E-state index contributed by atoms with van der Waals surface area (Å²) in [4.78, 5) is 43.6. The van der Waals surface area contributed by atoms with Crippen molar-refractivity contribution in [2.45, 2.75) is 57.4 Å². The molecule has 2 aromatic heterocycles. The molecule has 3 heterocycles. The van der Waals surface area contributed by atoms with E-state index in [0.717, 1.165) is 43.3 Å². The molecule has 1 atom stereocenters. The molecule has 0 spiro atoms. The maximum absolute atomic E-state index is 12.5. The summed E-state index contributed by atoms with van der Waals surface area (Å²) in [6.45, 7) is 1.76. The van der Waals surface area contributed by atoms with Gasteiger partial charge >= 0.3 is 11.4 Å². The average Bonchev–Trinajstić information content (AvgIpc) is 3.32. The number of carbonyl (C=O) groups is 1. The van der Waals surface area contributed by atoms with E-state index < -0.39 is 11.4 Å². The third-order valence-corrected chi connectivity index (χ3v) is 6.59. The van der Waals surface area contributed by atoms with Gasteiger partial charge in [-0.2, -0.15) is 0 Å². The predicted molar refractivity (Wildman–Crippen MR) is 97.6 cm³/mol. The van der Waals surface area contributed by atoms with Crippen LogP contribution in [0.25, 0.3) is 0 Å². The zero-order valence-electron chi connectivity index (χ0n) is 14.6. The Labute approximate surface area is 154 Å². The Balaban J connectivity index is 1.32. The number of carbonyl (C=O) groups excluding carboxylic acids is 1. The van der Waals surface area contributed by atoms with Gasteiger partial charge in [-0.15, -0.1) is 11.3 Å². The van der Waals surface area contributed by atoms with Crippen molar-refractivity contribution < 1.29 is 4.79 Å². The summed E-state index contributed by atoms with van der Waals surface area (Å²) in [5.74, 6) is 0.442. The fourth-order valence-corrected chi connectivity index (χ4v) is 5.15. The van der Waals surface area contributed by atoms with Crippen molar-refractivity contribution in [3.63, 3.8) is 0 Å². The van der Waals surface area contributed by atoms with E-state index in [0.29, 0.717) is 18.8 Å². The van der Waals surface area contributed by atoms with Gasteiger partial charge in [0.15, 0.2) is 0 Å². The first-order valence-corrected chi connectivity index (χ1v) is 10.1. The van der Waals surface area contributed by atoms with Gasteiger partial charge in [-0.25, -0.2) is 29.3 Å². The highest BCUT2D eigenvalue weighted by atomic mass is 32.1. The second kappa shape index (κ2) is 7.22. The van der Waals surface area contributed by atoms with Crippen LogP contribution in [-0.2, 0) is 24.2 Å². The number of nitrogens with one attached hydrogen (secondary N) is 2. The minimum Gasteiger partial charge on any atom is -0.342 e. The SMILES string of the molecule is O=C(CCCn1c(=O)[nH][nH]c1=O)N1CCCC(c2nc3c(s2)CCC3)C1. The highest BCUT2D eigenvalue weighted by molar-refractivity contribution is 7.11. The number of piperidine rings is 1. The molecule has 2 aliphatic rings. The number of thiazole rings is 1. The van der Waals surface area contributed by atoms with E-state index in [1.165, 1.54) is 22.0 Å². The summed E-state index contributed by atoms with van der Waals surface area (Å²) in [6.07, 6.45) is 6.38. The van der Waals surface area contributed by atoms with Crippen molar-refractivity contribution >= 4 is 17.2 Å². The van der Waals surface area contributed by atoms with Crippen molar-refractivity contribution in [2.24, 2.45) is 0 Å². The highest BCUT2D eigenvalue weighted by Gasteiger charge is 2.28. The van der Waals surface area contributed by atoms with Crippen molar-refractivity contribution in [3.05, 3.63) is 36.5 Å². The Morgan fingerprint density at radius 2 is 2.00 bits per heavy atom. The summed E-state index contributed by atoms with van der Waals surface area (Å²) in [7, 11) is 0. The normalized spacial score (nSPS) is 19.7. The average molecular weight is 377 g/mol. The number of aryl methyl sites for hydroxylation is 2. The molecule has 26 heavy (non-hydrogen) atoms. The van der Waals surface area contributed by atoms with Crippen LogP contribution in [0.15, 0.2) is 9.59 Å². The third-order valence-electron chi connectivity index (χ3n) is 5.27. The molecule has 0 saturated carbocycles.